The zero-order valence-corrected chi connectivity index (χ0v) is 19.1. The molecule has 0 spiro atoms. The van der Waals surface area contributed by atoms with Crippen LogP contribution in [0.1, 0.15) is 12.0 Å². The van der Waals surface area contributed by atoms with Gasteiger partial charge >= 0.3 is 5.97 Å². The van der Waals surface area contributed by atoms with Gasteiger partial charge in [0, 0.05) is 50.0 Å². The molecule has 33 heavy (non-hydrogen) atoms. The minimum atomic E-state index is -4.22. The molecule has 0 aliphatic rings. The van der Waals surface area contributed by atoms with Crippen LogP contribution < -0.4 is 14.4 Å². The molecule has 1 unspecified atom stereocenters. The molecular weight excluding hydrogens is 446 g/mol. The van der Waals surface area contributed by atoms with Crippen molar-refractivity contribution < 1.29 is 27.9 Å². The van der Waals surface area contributed by atoms with Crippen LogP contribution in [0.5, 0.6) is 5.75 Å². The van der Waals surface area contributed by atoms with Crippen molar-refractivity contribution in [2.24, 2.45) is 0 Å². The average molecular weight is 472 g/mol. The number of nitrogens with zero attached hydrogens (tertiary/aromatic N) is 2. The second-order valence-corrected chi connectivity index (χ2v) is 9.29. The van der Waals surface area contributed by atoms with Crippen LogP contribution in [-0.4, -0.2) is 57.5 Å². The fourth-order valence-corrected chi connectivity index (χ4v) is 4.62. The van der Waals surface area contributed by atoms with Gasteiger partial charge in [-0.3, -0.25) is 9.78 Å². The van der Waals surface area contributed by atoms with Gasteiger partial charge in [0.25, 0.3) is 0 Å². The number of aliphatic carboxylic acids is 1. The summed E-state index contributed by atoms with van der Waals surface area (Å²) in [5.74, 6) is -1.19. The smallest absolute Gasteiger partial charge is 0.305 e. The number of carbonyl (C=O) groups excluding carboxylic acids is 1. The minimum absolute atomic E-state index is 0.0990. The van der Waals surface area contributed by atoms with Gasteiger partial charge < -0.3 is 19.5 Å². The summed E-state index contributed by atoms with van der Waals surface area (Å²) < 4.78 is 33.9. The molecule has 0 saturated carbocycles. The Labute approximate surface area is 192 Å². The number of sulfonamides is 1. The molecule has 9 nitrogen and oxygen atoms in total. The Morgan fingerprint density at radius 1 is 1.21 bits per heavy atom. The summed E-state index contributed by atoms with van der Waals surface area (Å²) in [5, 5.41) is 10.9. The molecule has 3 aromatic rings. The molecule has 3 rings (SSSR count). The fourth-order valence-electron chi connectivity index (χ4n) is 3.33. The predicted octanol–water partition coefficient (Wildman–Crippen LogP) is 2.24. The van der Waals surface area contributed by atoms with E-state index in [1.807, 2.05) is 38.4 Å². The van der Waals surface area contributed by atoms with E-state index >= 15 is 0 Å². The van der Waals surface area contributed by atoms with Crippen molar-refractivity contribution in [3.63, 3.8) is 0 Å². The number of pyridine rings is 1. The van der Waals surface area contributed by atoms with Crippen molar-refractivity contribution in [3.05, 3.63) is 60.4 Å². The lowest BCUT2D eigenvalue weighted by atomic mass is 10.1. The van der Waals surface area contributed by atoms with E-state index in [-0.39, 0.29) is 23.5 Å². The highest BCUT2D eigenvalue weighted by atomic mass is 32.2. The maximum Gasteiger partial charge on any atom is 0.305 e. The molecule has 0 saturated heterocycles. The van der Waals surface area contributed by atoms with Crippen molar-refractivity contribution in [2.75, 3.05) is 25.6 Å². The van der Waals surface area contributed by atoms with Gasteiger partial charge in [-0.2, -0.15) is 0 Å². The van der Waals surface area contributed by atoms with Crippen LogP contribution in [0.15, 0.2) is 59.8 Å². The Morgan fingerprint density at radius 2 is 1.97 bits per heavy atom. The van der Waals surface area contributed by atoms with Gasteiger partial charge in [-0.05, 0) is 23.1 Å². The van der Waals surface area contributed by atoms with Crippen LogP contribution in [0.4, 0.5) is 5.69 Å². The molecule has 1 aromatic heterocycles. The number of benzene rings is 2. The lowest BCUT2D eigenvalue weighted by molar-refractivity contribution is -0.138. The van der Waals surface area contributed by atoms with Crippen molar-refractivity contribution in [3.8, 4) is 5.75 Å². The van der Waals surface area contributed by atoms with E-state index in [1.54, 1.807) is 29.4 Å². The average Bonchev–Trinajstić information content (AvgIpc) is 2.78. The zero-order valence-electron chi connectivity index (χ0n) is 18.3. The lowest BCUT2D eigenvalue weighted by Gasteiger charge is -2.19. The molecular formula is C23H25N3O6S. The molecule has 1 atom stereocenters. The number of rotatable bonds is 11. The molecule has 0 bridgehead atoms. The number of nitrogens with one attached hydrogen (secondary N) is 1. The first-order chi connectivity index (χ1) is 15.7. The number of ether oxygens (including phenoxy) is 1. The third kappa shape index (κ3) is 6.05. The first-order valence-corrected chi connectivity index (χ1v) is 11.6. The summed E-state index contributed by atoms with van der Waals surface area (Å²) in [7, 11) is -0.604. The number of aldehydes is 1. The second kappa shape index (κ2) is 10.4. The number of aromatic nitrogens is 1. The number of fused-ring (bicyclic) bond motifs is 1. The van der Waals surface area contributed by atoms with Crippen LogP contribution in [0.25, 0.3) is 10.8 Å². The van der Waals surface area contributed by atoms with Gasteiger partial charge in [-0.25, -0.2) is 13.1 Å². The molecule has 2 aromatic carbocycles. The molecule has 0 radical (unpaired) electrons. The summed E-state index contributed by atoms with van der Waals surface area (Å²) in [6, 6.07) is 11.0. The monoisotopic (exact) mass is 471 g/mol. The molecule has 174 valence electrons. The Hall–Kier alpha value is -3.50. The van der Waals surface area contributed by atoms with Gasteiger partial charge in [-0.1, -0.05) is 24.3 Å². The van der Waals surface area contributed by atoms with Crippen molar-refractivity contribution in [1.29, 1.82) is 0 Å². The number of anilines is 1. The Kier molecular flexibility index (Phi) is 7.62. The number of hydrogen-bond donors (Lipinski definition) is 2. The lowest BCUT2D eigenvalue weighted by Crippen LogP contribution is -2.37. The van der Waals surface area contributed by atoms with Crippen molar-refractivity contribution in [2.45, 2.75) is 23.8 Å². The molecule has 2 N–H and O–H groups in total. The van der Waals surface area contributed by atoms with Gasteiger partial charge in [0.15, 0.2) is 0 Å². The molecule has 10 heteroatoms. The van der Waals surface area contributed by atoms with Crippen LogP contribution in [-0.2, 0) is 26.0 Å². The first-order valence-electron chi connectivity index (χ1n) is 10.2. The fraction of sp³-hybridized carbons (Fsp3) is 0.261. The summed E-state index contributed by atoms with van der Waals surface area (Å²) in [6.45, 7) is 0.182. The maximum absolute atomic E-state index is 12.9. The van der Waals surface area contributed by atoms with E-state index in [0.717, 1.165) is 16.3 Å². The summed E-state index contributed by atoms with van der Waals surface area (Å²) >= 11 is 0. The Bertz CT molecular complexity index is 1250. The molecule has 0 amide bonds. The third-order valence-corrected chi connectivity index (χ3v) is 6.51. The molecule has 0 aliphatic heterocycles. The standard InChI is InChI=1S/C23H25N3O6S/c1-26(2)19-7-8-22(33(30,31)25-18(15-27)11-23(28)29)21(12-19)32-10-9-17-14-24-13-16-5-3-4-6-20(16)17/h3-8,12-15,18,25H,9-11H2,1-2H3,(H,28,29). The predicted molar refractivity (Wildman–Crippen MR) is 124 cm³/mol. The highest BCUT2D eigenvalue weighted by Crippen LogP contribution is 2.29. The van der Waals surface area contributed by atoms with E-state index in [2.05, 4.69) is 9.71 Å². The number of carboxylic acids is 1. The van der Waals surface area contributed by atoms with Gasteiger partial charge in [0.05, 0.1) is 19.1 Å². The normalized spacial score (nSPS) is 12.3. The quantitative estimate of drug-likeness (QED) is 0.408. The SMILES string of the molecule is CN(C)c1ccc(S(=O)(=O)NC(C=O)CC(=O)O)c(OCCc2cncc3ccccc23)c1. The molecule has 0 fully saturated rings. The number of hydrogen-bond acceptors (Lipinski definition) is 7. The maximum atomic E-state index is 12.9. The van der Waals surface area contributed by atoms with Crippen LogP contribution in [0, 0.1) is 0 Å². The van der Waals surface area contributed by atoms with E-state index in [4.69, 9.17) is 9.84 Å². The van der Waals surface area contributed by atoms with E-state index in [1.165, 1.54) is 6.07 Å². The van der Waals surface area contributed by atoms with Gasteiger partial charge in [0.2, 0.25) is 10.0 Å². The Morgan fingerprint density at radius 3 is 2.67 bits per heavy atom. The third-order valence-electron chi connectivity index (χ3n) is 4.98. The highest BCUT2D eigenvalue weighted by molar-refractivity contribution is 7.89. The highest BCUT2D eigenvalue weighted by Gasteiger charge is 2.25. The van der Waals surface area contributed by atoms with Gasteiger partial charge in [-0.15, -0.1) is 0 Å². The first kappa shape index (κ1) is 24.1. The van der Waals surface area contributed by atoms with Crippen LogP contribution >= 0.6 is 0 Å². The van der Waals surface area contributed by atoms with Crippen molar-refractivity contribution >= 4 is 38.7 Å². The van der Waals surface area contributed by atoms with Crippen LogP contribution in [0.3, 0.4) is 0 Å². The second-order valence-electron chi connectivity index (χ2n) is 7.61. The number of carboxylic acid groups (broad SMARTS) is 1. The van der Waals surface area contributed by atoms with E-state index < -0.39 is 28.5 Å². The molecule has 1 heterocycles. The van der Waals surface area contributed by atoms with E-state index in [9.17, 15) is 18.0 Å². The summed E-state index contributed by atoms with van der Waals surface area (Å²) in [6.07, 6.45) is 3.61. The zero-order chi connectivity index (χ0) is 24.0. The minimum Gasteiger partial charge on any atom is -0.492 e. The van der Waals surface area contributed by atoms with Gasteiger partial charge in [0.1, 0.15) is 16.9 Å². The summed E-state index contributed by atoms with van der Waals surface area (Å²) in [5.41, 5.74) is 1.68. The summed E-state index contributed by atoms with van der Waals surface area (Å²) in [4.78, 5) is 28.0. The van der Waals surface area contributed by atoms with Crippen molar-refractivity contribution in [1.82, 2.24) is 9.71 Å². The molecule has 0 aliphatic carbocycles. The van der Waals surface area contributed by atoms with E-state index in [0.29, 0.717) is 12.1 Å². The number of carbonyl (C=O) groups is 2. The van der Waals surface area contributed by atoms with Crippen LogP contribution in [0.2, 0.25) is 0 Å². The topological polar surface area (TPSA) is 126 Å². The Balaban J connectivity index is 1.86. The largest absolute Gasteiger partial charge is 0.492 e.